The summed E-state index contributed by atoms with van der Waals surface area (Å²) in [4.78, 5) is 12.8. The molecule has 29 heavy (non-hydrogen) atoms. The molecule has 2 atom stereocenters. The van der Waals surface area contributed by atoms with E-state index in [1.54, 1.807) is 31.2 Å². The molecule has 5 nitrogen and oxygen atoms in total. The van der Waals surface area contributed by atoms with Gasteiger partial charge >= 0.3 is 0 Å². The van der Waals surface area contributed by atoms with Crippen molar-refractivity contribution in [3.8, 4) is 0 Å². The Morgan fingerprint density at radius 1 is 1.00 bits per heavy atom. The molecule has 0 radical (unpaired) electrons. The van der Waals surface area contributed by atoms with Crippen molar-refractivity contribution < 1.29 is 13.2 Å². The highest BCUT2D eigenvalue weighted by Crippen LogP contribution is 2.25. The molecule has 0 spiro atoms. The van der Waals surface area contributed by atoms with E-state index < -0.39 is 16.1 Å². The van der Waals surface area contributed by atoms with Crippen LogP contribution in [-0.2, 0) is 20.2 Å². The average Bonchev–Trinajstić information content (AvgIpc) is 2.61. The Kier molecular flexibility index (Phi) is 7.01. The minimum atomic E-state index is -3.67. The van der Waals surface area contributed by atoms with Crippen molar-refractivity contribution in [1.29, 1.82) is 0 Å². The van der Waals surface area contributed by atoms with E-state index in [1.165, 1.54) is 5.56 Å². The molecule has 0 aliphatic heterocycles. The first-order valence-corrected chi connectivity index (χ1v) is 11.7. The van der Waals surface area contributed by atoms with Crippen LogP contribution in [0.25, 0.3) is 0 Å². The average molecular weight is 437 g/mol. The molecular weight excluding hydrogens is 408 g/mol. The first kappa shape index (κ1) is 23.2. The Morgan fingerprint density at radius 2 is 1.52 bits per heavy atom. The molecular formula is C22H29ClN2O3S. The van der Waals surface area contributed by atoms with Crippen LogP contribution in [0.2, 0.25) is 5.02 Å². The summed E-state index contributed by atoms with van der Waals surface area (Å²) in [6.07, 6.45) is 1.08. The van der Waals surface area contributed by atoms with E-state index in [2.05, 4.69) is 38.2 Å². The lowest BCUT2D eigenvalue weighted by Crippen LogP contribution is -2.48. The van der Waals surface area contributed by atoms with Gasteiger partial charge in [0, 0.05) is 5.02 Å². The second kappa shape index (κ2) is 8.76. The maximum atomic E-state index is 12.8. The predicted octanol–water partition coefficient (Wildman–Crippen LogP) is 4.67. The number of nitrogens with one attached hydrogen (secondary N) is 1. The largest absolute Gasteiger partial charge is 0.348 e. The van der Waals surface area contributed by atoms with Crippen LogP contribution in [-0.4, -0.2) is 26.6 Å². The second-order valence-corrected chi connectivity index (χ2v) is 10.6. The van der Waals surface area contributed by atoms with E-state index in [0.29, 0.717) is 10.7 Å². The van der Waals surface area contributed by atoms with E-state index in [4.69, 9.17) is 11.6 Å². The number of carbonyl (C=O) groups excluding carboxylic acids is 1. The van der Waals surface area contributed by atoms with Gasteiger partial charge in [0.1, 0.15) is 6.04 Å². The zero-order valence-electron chi connectivity index (χ0n) is 17.7. The minimum absolute atomic E-state index is 0.0497. The number of sulfonamides is 1. The lowest BCUT2D eigenvalue weighted by Gasteiger charge is -2.29. The molecule has 0 bridgehead atoms. The zero-order valence-corrected chi connectivity index (χ0v) is 19.3. The van der Waals surface area contributed by atoms with Crippen LogP contribution in [0.5, 0.6) is 0 Å². The number of carbonyl (C=O) groups is 1. The fraction of sp³-hybridized carbons (Fsp3) is 0.409. The molecule has 2 aromatic carbocycles. The number of rotatable bonds is 6. The molecule has 1 amide bonds. The van der Waals surface area contributed by atoms with Gasteiger partial charge in [-0.2, -0.15) is 0 Å². The maximum Gasteiger partial charge on any atom is 0.244 e. The molecule has 0 fully saturated rings. The highest BCUT2D eigenvalue weighted by Gasteiger charge is 2.30. The van der Waals surface area contributed by atoms with Gasteiger partial charge in [0.15, 0.2) is 0 Å². The first-order chi connectivity index (χ1) is 13.3. The van der Waals surface area contributed by atoms with Gasteiger partial charge in [-0.25, -0.2) is 8.42 Å². The smallest absolute Gasteiger partial charge is 0.244 e. The van der Waals surface area contributed by atoms with Crippen LogP contribution < -0.4 is 9.62 Å². The van der Waals surface area contributed by atoms with Crippen LogP contribution in [0, 0.1) is 0 Å². The number of benzene rings is 2. The Balaban J connectivity index is 2.19. The number of amides is 1. The van der Waals surface area contributed by atoms with Gasteiger partial charge < -0.3 is 5.32 Å². The Bertz CT molecular complexity index is 949. The second-order valence-electron chi connectivity index (χ2n) is 8.31. The molecule has 2 rings (SSSR count). The van der Waals surface area contributed by atoms with Gasteiger partial charge in [0.25, 0.3) is 0 Å². The summed E-state index contributed by atoms with van der Waals surface area (Å²) in [5.41, 5.74) is 2.60. The van der Waals surface area contributed by atoms with Crippen LogP contribution in [0.15, 0.2) is 48.5 Å². The van der Waals surface area contributed by atoms with Gasteiger partial charge in [-0.1, -0.05) is 56.6 Å². The van der Waals surface area contributed by atoms with Gasteiger partial charge in [0.05, 0.1) is 18.0 Å². The van der Waals surface area contributed by atoms with Crippen LogP contribution in [0.4, 0.5) is 5.69 Å². The quantitative estimate of drug-likeness (QED) is 0.715. The third-order valence-electron chi connectivity index (χ3n) is 4.81. The van der Waals surface area contributed by atoms with Gasteiger partial charge in [-0.3, -0.25) is 9.10 Å². The minimum Gasteiger partial charge on any atom is -0.348 e. The van der Waals surface area contributed by atoms with Crippen molar-refractivity contribution >= 4 is 33.2 Å². The number of anilines is 1. The molecule has 2 unspecified atom stereocenters. The number of hydrogen-bond donors (Lipinski definition) is 1. The van der Waals surface area contributed by atoms with Crippen molar-refractivity contribution in [3.05, 3.63) is 64.7 Å². The molecule has 2 aromatic rings. The first-order valence-electron chi connectivity index (χ1n) is 9.46. The highest BCUT2D eigenvalue weighted by atomic mass is 35.5. The van der Waals surface area contributed by atoms with Crippen molar-refractivity contribution in [3.63, 3.8) is 0 Å². The molecule has 0 saturated heterocycles. The molecule has 0 aliphatic rings. The summed E-state index contributed by atoms with van der Waals surface area (Å²) in [6, 6.07) is 13.3. The molecule has 7 heteroatoms. The van der Waals surface area contributed by atoms with E-state index in [-0.39, 0.29) is 17.4 Å². The summed E-state index contributed by atoms with van der Waals surface area (Å²) in [6.45, 7) is 9.88. The third kappa shape index (κ3) is 5.97. The lowest BCUT2D eigenvalue weighted by atomic mass is 9.86. The Labute approximate surface area is 179 Å². The lowest BCUT2D eigenvalue weighted by molar-refractivity contribution is -0.122. The summed E-state index contributed by atoms with van der Waals surface area (Å²) in [7, 11) is -3.67. The predicted molar refractivity (Wildman–Crippen MR) is 120 cm³/mol. The van der Waals surface area contributed by atoms with E-state index in [1.807, 2.05) is 19.1 Å². The Morgan fingerprint density at radius 3 is 1.97 bits per heavy atom. The van der Waals surface area contributed by atoms with Gasteiger partial charge in [-0.15, -0.1) is 0 Å². The van der Waals surface area contributed by atoms with Crippen LogP contribution in [0.1, 0.15) is 51.8 Å². The molecule has 158 valence electrons. The standard InChI is InChI=1S/C22H29ClN2O3S/c1-15(17-7-9-18(10-8-17)22(3,4)5)24-21(26)16(2)25(29(6,27)28)20-13-11-19(23)12-14-20/h7-16H,1-6H3,(H,24,26). The van der Waals surface area contributed by atoms with Crippen molar-refractivity contribution in [2.75, 3.05) is 10.6 Å². The summed E-state index contributed by atoms with van der Waals surface area (Å²) < 4.78 is 25.8. The molecule has 0 aromatic heterocycles. The Hall–Kier alpha value is -2.05. The normalized spacial score (nSPS) is 14.2. The topological polar surface area (TPSA) is 66.5 Å². The SMILES string of the molecule is CC(NC(=O)C(C)N(c1ccc(Cl)cc1)S(C)(=O)=O)c1ccc(C(C)(C)C)cc1. The molecule has 0 heterocycles. The number of nitrogens with zero attached hydrogens (tertiary/aromatic N) is 1. The van der Waals surface area contributed by atoms with Crippen LogP contribution in [0.3, 0.4) is 0 Å². The number of hydrogen-bond acceptors (Lipinski definition) is 3. The van der Waals surface area contributed by atoms with E-state index in [9.17, 15) is 13.2 Å². The maximum absolute atomic E-state index is 12.8. The van der Waals surface area contributed by atoms with E-state index in [0.717, 1.165) is 16.1 Å². The summed E-state index contributed by atoms with van der Waals surface area (Å²) in [5, 5.41) is 3.41. The monoisotopic (exact) mass is 436 g/mol. The highest BCUT2D eigenvalue weighted by molar-refractivity contribution is 7.92. The third-order valence-corrected chi connectivity index (χ3v) is 6.30. The summed E-state index contributed by atoms with van der Waals surface area (Å²) >= 11 is 5.90. The fourth-order valence-electron chi connectivity index (χ4n) is 3.09. The van der Waals surface area contributed by atoms with Gasteiger partial charge in [-0.05, 0) is 54.7 Å². The number of halogens is 1. The van der Waals surface area contributed by atoms with Gasteiger partial charge in [0.2, 0.25) is 15.9 Å². The fourth-order valence-corrected chi connectivity index (χ4v) is 4.39. The van der Waals surface area contributed by atoms with E-state index >= 15 is 0 Å². The zero-order chi connectivity index (χ0) is 22.0. The van der Waals surface area contributed by atoms with Crippen molar-refractivity contribution in [2.45, 2.75) is 52.1 Å². The van der Waals surface area contributed by atoms with Crippen LogP contribution >= 0.6 is 11.6 Å². The summed E-state index contributed by atoms with van der Waals surface area (Å²) in [5.74, 6) is -0.377. The molecule has 1 N–H and O–H groups in total. The molecule has 0 aliphatic carbocycles. The van der Waals surface area contributed by atoms with Crippen molar-refractivity contribution in [1.82, 2.24) is 5.32 Å². The molecule has 0 saturated carbocycles. The van der Waals surface area contributed by atoms with Crippen molar-refractivity contribution in [2.24, 2.45) is 0 Å².